The summed E-state index contributed by atoms with van der Waals surface area (Å²) in [5.74, 6) is 1.46. The molecule has 160 valence electrons. The molecule has 29 heavy (non-hydrogen) atoms. The van der Waals surface area contributed by atoms with Crippen molar-refractivity contribution in [2.24, 2.45) is 10.9 Å². The normalized spacial score (nSPS) is 17.6. The Morgan fingerprint density at radius 3 is 2.62 bits per heavy atom. The molecule has 2 rings (SSSR count). The van der Waals surface area contributed by atoms with Crippen molar-refractivity contribution in [1.82, 2.24) is 15.2 Å². The van der Waals surface area contributed by atoms with Gasteiger partial charge in [-0.05, 0) is 25.3 Å². The topological polar surface area (TPSA) is 43.8 Å². The molecule has 1 aromatic rings. The smallest absolute Gasteiger partial charge is 0.152 e. The van der Waals surface area contributed by atoms with Crippen LogP contribution in [0.15, 0.2) is 47.9 Å². The summed E-state index contributed by atoms with van der Waals surface area (Å²) in [5.41, 5.74) is 0.0612. The van der Waals surface area contributed by atoms with Gasteiger partial charge in [-0.1, -0.05) is 45.9 Å². The van der Waals surface area contributed by atoms with Crippen LogP contribution in [-0.2, 0) is 5.67 Å². The van der Waals surface area contributed by atoms with Crippen molar-refractivity contribution >= 4 is 11.7 Å². The second-order valence-electron chi connectivity index (χ2n) is 7.85. The SMILES string of the molecule is C=C(C(=N/C=C\C)N1CCNCC1)N(C)c1ccc(C(F)(CCC)C(C)C)cn1. The Labute approximate surface area is 175 Å². The first-order chi connectivity index (χ1) is 13.8. The maximum absolute atomic E-state index is 15.5. The molecule has 0 aliphatic carbocycles. The molecule has 1 aliphatic heterocycles. The standard InChI is InChI=1S/C23H36FN5/c1-7-11-23(24,18(3)4)20-9-10-21(27-17-20)28(6)19(5)22(26-12-8-2)29-15-13-25-14-16-29/h8-10,12,17-18,25H,5,7,11,13-16H2,1-4,6H3/b12-8-,26-22?. The monoisotopic (exact) mass is 401 g/mol. The van der Waals surface area contributed by atoms with Gasteiger partial charge in [-0.25, -0.2) is 14.4 Å². The van der Waals surface area contributed by atoms with Crippen LogP contribution in [0.3, 0.4) is 0 Å². The van der Waals surface area contributed by atoms with Gasteiger partial charge in [-0.15, -0.1) is 0 Å². The van der Waals surface area contributed by atoms with Gasteiger partial charge < -0.3 is 15.1 Å². The van der Waals surface area contributed by atoms with Crippen LogP contribution in [0.1, 0.15) is 46.1 Å². The minimum absolute atomic E-state index is 0.102. The molecule has 1 saturated heterocycles. The molecule has 1 aliphatic rings. The van der Waals surface area contributed by atoms with Crippen molar-refractivity contribution in [3.8, 4) is 0 Å². The Morgan fingerprint density at radius 1 is 1.41 bits per heavy atom. The van der Waals surface area contributed by atoms with E-state index in [2.05, 4.69) is 26.8 Å². The fraction of sp³-hybridized carbons (Fsp3) is 0.565. The number of halogens is 1. The lowest BCUT2D eigenvalue weighted by Gasteiger charge is -2.34. The summed E-state index contributed by atoms with van der Waals surface area (Å²) >= 11 is 0. The number of likely N-dealkylation sites (N-methyl/N-ethyl adjacent to an activating group) is 1. The summed E-state index contributed by atoms with van der Waals surface area (Å²) in [5, 5.41) is 3.36. The number of allylic oxidation sites excluding steroid dienone is 1. The van der Waals surface area contributed by atoms with Gasteiger partial charge in [0.25, 0.3) is 0 Å². The number of anilines is 1. The number of hydrogen-bond donors (Lipinski definition) is 1. The zero-order valence-corrected chi connectivity index (χ0v) is 18.6. The van der Waals surface area contributed by atoms with Crippen molar-refractivity contribution in [3.63, 3.8) is 0 Å². The Kier molecular flexibility index (Phi) is 8.38. The molecule has 0 aromatic carbocycles. The van der Waals surface area contributed by atoms with Gasteiger partial charge in [0, 0.05) is 51.2 Å². The third-order valence-corrected chi connectivity index (χ3v) is 5.53. The van der Waals surface area contributed by atoms with Crippen molar-refractivity contribution < 1.29 is 4.39 Å². The summed E-state index contributed by atoms with van der Waals surface area (Å²) in [6, 6.07) is 3.73. The molecule has 0 bridgehead atoms. The Balaban J connectivity index is 2.25. The predicted molar refractivity (Wildman–Crippen MR) is 121 cm³/mol. The van der Waals surface area contributed by atoms with E-state index in [9.17, 15) is 0 Å². The number of pyridine rings is 1. The fourth-order valence-corrected chi connectivity index (χ4v) is 3.61. The highest BCUT2D eigenvalue weighted by molar-refractivity contribution is 6.01. The fourth-order valence-electron chi connectivity index (χ4n) is 3.61. The lowest BCUT2D eigenvalue weighted by Crippen LogP contribution is -2.48. The minimum Gasteiger partial charge on any atom is -0.352 e. The molecule has 6 heteroatoms. The molecule has 0 amide bonds. The molecule has 1 fully saturated rings. The number of amidine groups is 1. The predicted octanol–water partition coefficient (Wildman–Crippen LogP) is 4.49. The van der Waals surface area contributed by atoms with Crippen LogP contribution in [0.2, 0.25) is 0 Å². The molecule has 5 nitrogen and oxygen atoms in total. The summed E-state index contributed by atoms with van der Waals surface area (Å²) in [7, 11) is 1.93. The molecule has 1 unspecified atom stereocenters. The Morgan fingerprint density at radius 2 is 2.10 bits per heavy atom. The number of rotatable bonds is 8. The number of hydrogen-bond acceptors (Lipinski definition) is 4. The van der Waals surface area contributed by atoms with E-state index >= 15 is 4.39 Å². The molecular weight excluding hydrogens is 365 g/mol. The lowest BCUT2D eigenvalue weighted by atomic mass is 9.82. The van der Waals surface area contributed by atoms with Crippen molar-refractivity contribution in [3.05, 3.63) is 48.4 Å². The molecule has 0 spiro atoms. The molecule has 1 atom stereocenters. The van der Waals surface area contributed by atoms with Crippen LogP contribution < -0.4 is 10.2 Å². The molecular formula is C23H36FN5. The zero-order valence-electron chi connectivity index (χ0n) is 18.6. The van der Waals surface area contributed by atoms with Gasteiger partial charge in [-0.3, -0.25) is 0 Å². The van der Waals surface area contributed by atoms with Crippen LogP contribution >= 0.6 is 0 Å². The van der Waals surface area contributed by atoms with E-state index in [1.54, 1.807) is 12.4 Å². The number of aromatic nitrogens is 1. The Bertz CT molecular complexity index is 719. The van der Waals surface area contributed by atoms with Gasteiger partial charge >= 0.3 is 0 Å². The zero-order chi connectivity index (χ0) is 21.4. The van der Waals surface area contributed by atoms with Crippen LogP contribution in [0.25, 0.3) is 0 Å². The average molecular weight is 402 g/mol. The van der Waals surface area contributed by atoms with Crippen molar-refractivity contribution in [2.45, 2.75) is 46.2 Å². The molecule has 1 aromatic heterocycles. The van der Waals surface area contributed by atoms with Gasteiger partial charge in [0.05, 0.1) is 5.70 Å². The van der Waals surface area contributed by atoms with Gasteiger partial charge in [0.2, 0.25) is 0 Å². The van der Waals surface area contributed by atoms with Gasteiger partial charge in [-0.2, -0.15) is 0 Å². The third-order valence-electron chi connectivity index (χ3n) is 5.53. The van der Waals surface area contributed by atoms with E-state index in [0.717, 1.165) is 50.0 Å². The molecule has 2 heterocycles. The largest absolute Gasteiger partial charge is 0.352 e. The van der Waals surface area contributed by atoms with E-state index in [0.29, 0.717) is 12.0 Å². The van der Waals surface area contributed by atoms with E-state index in [-0.39, 0.29) is 5.92 Å². The van der Waals surface area contributed by atoms with Crippen LogP contribution in [0.4, 0.5) is 10.2 Å². The first kappa shape index (κ1) is 23.1. The average Bonchev–Trinajstić information content (AvgIpc) is 2.74. The van der Waals surface area contributed by atoms with Gasteiger partial charge in [0.15, 0.2) is 5.84 Å². The second-order valence-corrected chi connectivity index (χ2v) is 7.85. The van der Waals surface area contributed by atoms with Gasteiger partial charge in [0.1, 0.15) is 11.5 Å². The number of nitrogens with zero attached hydrogens (tertiary/aromatic N) is 4. The van der Waals surface area contributed by atoms with E-state index < -0.39 is 5.67 Å². The molecule has 0 radical (unpaired) electrons. The Hall–Kier alpha value is -2.21. The first-order valence-electron chi connectivity index (χ1n) is 10.6. The summed E-state index contributed by atoms with van der Waals surface area (Å²) < 4.78 is 15.5. The number of piperazine rings is 1. The van der Waals surface area contributed by atoms with Crippen molar-refractivity contribution in [1.29, 1.82) is 0 Å². The van der Waals surface area contributed by atoms with Crippen molar-refractivity contribution in [2.75, 3.05) is 38.1 Å². The third kappa shape index (κ3) is 5.44. The number of alkyl halides is 1. The van der Waals surface area contributed by atoms with Crippen LogP contribution in [0.5, 0.6) is 0 Å². The number of nitrogens with one attached hydrogen (secondary N) is 1. The lowest BCUT2D eigenvalue weighted by molar-refractivity contribution is 0.0857. The highest BCUT2D eigenvalue weighted by atomic mass is 19.1. The molecule has 1 N–H and O–H groups in total. The summed E-state index contributed by atoms with van der Waals surface area (Å²) in [4.78, 5) is 13.3. The van der Waals surface area contributed by atoms with E-state index in [4.69, 9.17) is 0 Å². The number of aliphatic imine (C=N–C) groups is 1. The van der Waals surface area contributed by atoms with E-state index in [1.807, 2.05) is 57.9 Å². The maximum atomic E-state index is 15.5. The highest BCUT2D eigenvalue weighted by Gasteiger charge is 2.35. The molecule has 0 saturated carbocycles. The quantitative estimate of drug-likeness (QED) is 0.515. The van der Waals surface area contributed by atoms with Crippen LogP contribution in [0, 0.1) is 5.92 Å². The second kappa shape index (κ2) is 10.5. The highest BCUT2D eigenvalue weighted by Crippen LogP contribution is 2.38. The maximum Gasteiger partial charge on any atom is 0.152 e. The summed E-state index contributed by atoms with van der Waals surface area (Å²) in [6.45, 7) is 15.7. The minimum atomic E-state index is -1.35. The van der Waals surface area contributed by atoms with Crippen LogP contribution in [-0.4, -0.2) is 48.9 Å². The summed E-state index contributed by atoms with van der Waals surface area (Å²) in [6.07, 6.45) is 6.66. The first-order valence-corrected chi connectivity index (χ1v) is 10.6. The van der Waals surface area contributed by atoms with E-state index in [1.165, 1.54) is 0 Å².